The molecule has 2 N–H and O–H groups in total. The van der Waals surface area contributed by atoms with Gasteiger partial charge in [0.15, 0.2) is 6.10 Å². The van der Waals surface area contributed by atoms with E-state index in [4.69, 9.17) is 4.74 Å². The zero-order chi connectivity index (χ0) is 16.2. The maximum Gasteiger partial charge on any atom is 0.265 e. The summed E-state index contributed by atoms with van der Waals surface area (Å²) < 4.78 is 5.47. The maximum atomic E-state index is 12.2. The van der Waals surface area contributed by atoms with Gasteiger partial charge in [0.25, 0.3) is 11.8 Å². The molecular weight excluding hydrogens is 292 g/mol. The largest absolute Gasteiger partial charge is 0.479 e. The molecule has 0 aromatic heterocycles. The number of amides is 2. The predicted octanol–water partition coefficient (Wildman–Crippen LogP) is 2.38. The number of nitrogens with one attached hydrogen (secondary N) is 2. The molecule has 0 spiro atoms. The summed E-state index contributed by atoms with van der Waals surface area (Å²) in [6, 6.07) is 15.0. The number of hydrogen-bond acceptors (Lipinski definition) is 3. The highest BCUT2D eigenvalue weighted by Gasteiger charge is 2.24. The van der Waals surface area contributed by atoms with Crippen molar-refractivity contribution in [2.24, 2.45) is 0 Å². The van der Waals surface area contributed by atoms with E-state index in [1.54, 1.807) is 25.1 Å². The summed E-state index contributed by atoms with van der Waals surface area (Å²) in [5, 5.41) is 5.62. The van der Waals surface area contributed by atoms with Crippen LogP contribution in [0.15, 0.2) is 48.5 Å². The molecule has 1 aliphatic heterocycles. The number of carbonyl (C=O) groups excluding carboxylic acids is 2. The number of hydrogen-bond donors (Lipinski definition) is 2. The minimum atomic E-state index is -0.520. The summed E-state index contributed by atoms with van der Waals surface area (Å²) in [7, 11) is 0. The van der Waals surface area contributed by atoms with Crippen LogP contribution in [0.5, 0.6) is 5.75 Å². The van der Waals surface area contributed by atoms with Gasteiger partial charge in [-0.2, -0.15) is 0 Å². The van der Waals surface area contributed by atoms with E-state index in [9.17, 15) is 9.59 Å². The highest BCUT2D eigenvalue weighted by Crippen LogP contribution is 2.30. The third-order valence-corrected chi connectivity index (χ3v) is 3.71. The van der Waals surface area contributed by atoms with Gasteiger partial charge in [-0.3, -0.25) is 9.59 Å². The molecule has 1 aliphatic rings. The molecule has 1 unspecified atom stereocenters. The van der Waals surface area contributed by atoms with Gasteiger partial charge < -0.3 is 15.4 Å². The zero-order valence-electron chi connectivity index (χ0n) is 12.8. The molecule has 5 heteroatoms. The quantitative estimate of drug-likeness (QED) is 0.911. The minimum Gasteiger partial charge on any atom is -0.479 e. The van der Waals surface area contributed by atoms with E-state index in [2.05, 4.69) is 10.6 Å². The lowest BCUT2D eigenvalue weighted by molar-refractivity contribution is -0.122. The third kappa shape index (κ3) is 3.51. The molecule has 0 saturated heterocycles. The van der Waals surface area contributed by atoms with E-state index in [0.29, 0.717) is 23.5 Å². The van der Waals surface area contributed by atoms with Gasteiger partial charge in [-0.15, -0.1) is 0 Å². The van der Waals surface area contributed by atoms with Gasteiger partial charge in [0.2, 0.25) is 0 Å². The minimum absolute atomic E-state index is 0.170. The molecule has 118 valence electrons. The standard InChI is InChI=1S/C18H18N2O3/c1-12-17(21)20-15-11-14(7-8-16(15)23-12)18(22)19-10-9-13-5-3-2-4-6-13/h2-8,11-12H,9-10H2,1H3,(H,19,22)(H,20,21). The van der Waals surface area contributed by atoms with Gasteiger partial charge in [-0.05, 0) is 37.1 Å². The number of anilines is 1. The van der Waals surface area contributed by atoms with Gasteiger partial charge in [0, 0.05) is 12.1 Å². The second-order valence-electron chi connectivity index (χ2n) is 5.45. The Morgan fingerprint density at radius 1 is 1.22 bits per heavy atom. The smallest absolute Gasteiger partial charge is 0.265 e. The van der Waals surface area contributed by atoms with Crippen molar-refractivity contribution in [2.45, 2.75) is 19.4 Å². The Hall–Kier alpha value is -2.82. The normalized spacial score (nSPS) is 16.0. The Bertz CT molecular complexity index is 728. The van der Waals surface area contributed by atoms with E-state index >= 15 is 0 Å². The van der Waals surface area contributed by atoms with Crippen molar-refractivity contribution in [2.75, 3.05) is 11.9 Å². The van der Waals surface area contributed by atoms with Crippen molar-refractivity contribution in [3.63, 3.8) is 0 Å². The van der Waals surface area contributed by atoms with Crippen LogP contribution in [0.25, 0.3) is 0 Å². The first-order valence-electron chi connectivity index (χ1n) is 7.57. The first-order valence-corrected chi connectivity index (χ1v) is 7.57. The molecule has 1 atom stereocenters. The Balaban J connectivity index is 1.62. The fourth-order valence-electron chi connectivity index (χ4n) is 2.42. The zero-order valence-corrected chi connectivity index (χ0v) is 12.8. The summed E-state index contributed by atoms with van der Waals surface area (Å²) >= 11 is 0. The molecule has 5 nitrogen and oxygen atoms in total. The highest BCUT2D eigenvalue weighted by molar-refractivity contribution is 6.00. The van der Waals surface area contributed by atoms with Gasteiger partial charge in [0.1, 0.15) is 5.75 Å². The summed E-state index contributed by atoms with van der Waals surface area (Å²) in [4.78, 5) is 23.8. The third-order valence-electron chi connectivity index (χ3n) is 3.71. The summed E-state index contributed by atoms with van der Waals surface area (Å²) in [5.74, 6) is 0.202. The Morgan fingerprint density at radius 3 is 2.78 bits per heavy atom. The summed E-state index contributed by atoms with van der Waals surface area (Å²) in [6.45, 7) is 2.24. The van der Waals surface area contributed by atoms with Crippen molar-refractivity contribution in [3.8, 4) is 5.75 Å². The molecule has 3 rings (SSSR count). The second kappa shape index (κ2) is 6.52. The lowest BCUT2D eigenvalue weighted by atomic mass is 10.1. The van der Waals surface area contributed by atoms with Crippen LogP contribution in [0.3, 0.4) is 0 Å². The Morgan fingerprint density at radius 2 is 2.00 bits per heavy atom. The molecular formula is C18H18N2O3. The fourth-order valence-corrected chi connectivity index (χ4v) is 2.42. The first kappa shape index (κ1) is 15.1. The first-order chi connectivity index (χ1) is 11.1. The van der Waals surface area contributed by atoms with Crippen molar-refractivity contribution in [1.82, 2.24) is 5.32 Å². The average Bonchev–Trinajstić information content (AvgIpc) is 2.56. The van der Waals surface area contributed by atoms with Crippen LogP contribution in [-0.4, -0.2) is 24.5 Å². The molecule has 2 aromatic carbocycles. The molecule has 1 heterocycles. The van der Waals surface area contributed by atoms with Crippen molar-refractivity contribution < 1.29 is 14.3 Å². The monoisotopic (exact) mass is 310 g/mol. The van der Waals surface area contributed by atoms with Crippen molar-refractivity contribution in [1.29, 1.82) is 0 Å². The SMILES string of the molecule is CC1Oc2ccc(C(=O)NCCc3ccccc3)cc2NC1=O. The van der Waals surface area contributed by atoms with Gasteiger partial charge in [0.05, 0.1) is 5.69 Å². The Labute approximate surface area is 134 Å². The van der Waals surface area contributed by atoms with E-state index in [-0.39, 0.29) is 11.8 Å². The van der Waals surface area contributed by atoms with Crippen molar-refractivity contribution >= 4 is 17.5 Å². The Kier molecular flexibility index (Phi) is 4.28. The van der Waals surface area contributed by atoms with Crippen LogP contribution in [0.4, 0.5) is 5.69 Å². The molecule has 0 fully saturated rings. The summed E-state index contributed by atoms with van der Waals surface area (Å²) in [6.07, 6.45) is 0.252. The van der Waals surface area contributed by atoms with Crippen LogP contribution in [0, 0.1) is 0 Å². The fraction of sp³-hybridized carbons (Fsp3) is 0.222. The molecule has 2 amide bonds. The van der Waals surface area contributed by atoms with Gasteiger partial charge in [-0.25, -0.2) is 0 Å². The lowest BCUT2D eigenvalue weighted by Gasteiger charge is -2.23. The highest BCUT2D eigenvalue weighted by atomic mass is 16.5. The van der Waals surface area contributed by atoms with Crippen LogP contribution in [-0.2, 0) is 11.2 Å². The van der Waals surface area contributed by atoms with Gasteiger partial charge in [-0.1, -0.05) is 30.3 Å². The number of carbonyl (C=O) groups is 2. The number of ether oxygens (including phenoxy) is 1. The average molecular weight is 310 g/mol. The van der Waals surface area contributed by atoms with Crippen LogP contribution < -0.4 is 15.4 Å². The maximum absolute atomic E-state index is 12.2. The van der Waals surface area contributed by atoms with E-state index in [1.165, 1.54) is 5.56 Å². The summed E-state index contributed by atoms with van der Waals surface area (Å²) in [5.41, 5.74) is 2.20. The van der Waals surface area contributed by atoms with Gasteiger partial charge >= 0.3 is 0 Å². The van der Waals surface area contributed by atoms with Crippen LogP contribution >= 0.6 is 0 Å². The van der Waals surface area contributed by atoms with E-state index in [0.717, 1.165) is 6.42 Å². The molecule has 0 radical (unpaired) electrons. The van der Waals surface area contributed by atoms with Crippen LogP contribution in [0.2, 0.25) is 0 Å². The second-order valence-corrected chi connectivity index (χ2v) is 5.45. The van der Waals surface area contributed by atoms with E-state index < -0.39 is 6.10 Å². The number of rotatable bonds is 4. The molecule has 2 aromatic rings. The predicted molar refractivity (Wildman–Crippen MR) is 87.6 cm³/mol. The topological polar surface area (TPSA) is 67.4 Å². The van der Waals surface area contributed by atoms with E-state index in [1.807, 2.05) is 30.3 Å². The molecule has 23 heavy (non-hydrogen) atoms. The molecule has 0 saturated carbocycles. The number of benzene rings is 2. The van der Waals surface area contributed by atoms with Crippen molar-refractivity contribution in [3.05, 3.63) is 59.7 Å². The van der Waals surface area contributed by atoms with Crippen LogP contribution in [0.1, 0.15) is 22.8 Å². The number of fused-ring (bicyclic) bond motifs is 1. The molecule has 0 bridgehead atoms. The lowest BCUT2D eigenvalue weighted by Crippen LogP contribution is -2.34. The molecule has 0 aliphatic carbocycles.